The summed E-state index contributed by atoms with van der Waals surface area (Å²) in [5.41, 5.74) is 4.33. The topological polar surface area (TPSA) is 14.2 Å². The van der Waals surface area contributed by atoms with E-state index in [1.165, 1.54) is 22.5 Å². The number of aromatic nitrogens is 1. The molecule has 0 amide bonds. The van der Waals surface area contributed by atoms with Gasteiger partial charge in [0.2, 0.25) is 0 Å². The van der Waals surface area contributed by atoms with Crippen LogP contribution in [0.1, 0.15) is 23.7 Å². The Morgan fingerprint density at radius 2 is 1.67 bits per heavy atom. The van der Waals surface area contributed by atoms with Crippen LogP contribution in [0.15, 0.2) is 72.9 Å². The van der Waals surface area contributed by atoms with Crippen LogP contribution in [0.2, 0.25) is 0 Å². The molecule has 0 spiro atoms. The molecule has 1 atom stereocenters. The fourth-order valence-corrected chi connectivity index (χ4v) is 3.13. The van der Waals surface area contributed by atoms with E-state index in [0.29, 0.717) is 6.61 Å². The summed E-state index contributed by atoms with van der Waals surface area (Å²) < 4.78 is 8.61. The Hall–Kier alpha value is -2.32. The van der Waals surface area contributed by atoms with E-state index >= 15 is 0 Å². The largest absolute Gasteiger partial charge is 0.360 e. The van der Waals surface area contributed by atoms with Crippen LogP contribution < -0.4 is 0 Å². The van der Waals surface area contributed by atoms with Gasteiger partial charge in [-0.3, -0.25) is 0 Å². The number of para-hydroxylation sites is 1. The molecule has 1 aliphatic rings. The lowest BCUT2D eigenvalue weighted by Gasteiger charge is -2.29. The Labute approximate surface area is 124 Å². The zero-order valence-corrected chi connectivity index (χ0v) is 12.0. The third-order valence-corrected chi connectivity index (χ3v) is 4.33. The standard InChI is InChI=1S/C19H17NO/c1-19(16-9-3-2-4-10-16)18-12-7-13-20(18)17-11-6-5-8-15(17)14-21-19/h2-13H,14H2,1H3/t19-/m1/s1. The maximum absolute atomic E-state index is 6.37. The molecule has 21 heavy (non-hydrogen) atoms. The minimum atomic E-state index is -0.441. The summed E-state index contributed by atoms with van der Waals surface area (Å²) in [5.74, 6) is 0. The Morgan fingerprint density at radius 1 is 0.905 bits per heavy atom. The van der Waals surface area contributed by atoms with Crippen LogP contribution in [0.4, 0.5) is 0 Å². The Bertz CT molecular complexity index is 775. The second-order valence-corrected chi connectivity index (χ2v) is 5.58. The average Bonchev–Trinajstić information content (AvgIpc) is 3.00. The van der Waals surface area contributed by atoms with Crippen LogP contribution in [0.5, 0.6) is 0 Å². The van der Waals surface area contributed by atoms with Crippen molar-refractivity contribution in [3.05, 3.63) is 89.7 Å². The summed E-state index contributed by atoms with van der Waals surface area (Å²) in [7, 11) is 0. The van der Waals surface area contributed by atoms with Crippen LogP contribution in [0.25, 0.3) is 5.69 Å². The number of hydrogen-bond donors (Lipinski definition) is 0. The molecule has 1 aliphatic heterocycles. The fourth-order valence-electron chi connectivity index (χ4n) is 3.13. The van der Waals surface area contributed by atoms with Crippen LogP contribution in [-0.4, -0.2) is 4.57 Å². The molecule has 0 bridgehead atoms. The molecule has 2 aromatic carbocycles. The number of rotatable bonds is 1. The van der Waals surface area contributed by atoms with Crippen LogP contribution >= 0.6 is 0 Å². The lowest BCUT2D eigenvalue weighted by atomic mass is 9.92. The predicted molar refractivity (Wildman–Crippen MR) is 83.5 cm³/mol. The summed E-state index contributed by atoms with van der Waals surface area (Å²) >= 11 is 0. The monoisotopic (exact) mass is 275 g/mol. The van der Waals surface area contributed by atoms with Gasteiger partial charge >= 0.3 is 0 Å². The van der Waals surface area contributed by atoms with Gasteiger partial charge in [0, 0.05) is 11.8 Å². The summed E-state index contributed by atoms with van der Waals surface area (Å²) in [6, 6.07) is 23.1. The summed E-state index contributed by atoms with van der Waals surface area (Å²) in [6.45, 7) is 2.77. The van der Waals surface area contributed by atoms with Crippen molar-refractivity contribution in [2.75, 3.05) is 0 Å². The van der Waals surface area contributed by atoms with E-state index < -0.39 is 5.60 Å². The highest BCUT2D eigenvalue weighted by Crippen LogP contribution is 2.38. The highest BCUT2D eigenvalue weighted by molar-refractivity contribution is 5.47. The molecular weight excluding hydrogens is 258 g/mol. The first-order chi connectivity index (χ1) is 10.3. The number of ether oxygens (including phenoxy) is 1. The van der Waals surface area contributed by atoms with Crippen molar-refractivity contribution in [1.29, 1.82) is 0 Å². The van der Waals surface area contributed by atoms with Crippen molar-refractivity contribution in [2.45, 2.75) is 19.1 Å². The molecule has 2 nitrogen and oxygen atoms in total. The minimum absolute atomic E-state index is 0.441. The minimum Gasteiger partial charge on any atom is -0.360 e. The zero-order chi connectivity index (χ0) is 14.3. The van der Waals surface area contributed by atoms with Crippen LogP contribution in [0.3, 0.4) is 0 Å². The molecule has 0 N–H and O–H groups in total. The lowest BCUT2D eigenvalue weighted by Crippen LogP contribution is -2.28. The number of nitrogens with zero attached hydrogens (tertiary/aromatic N) is 1. The molecule has 104 valence electrons. The Morgan fingerprint density at radius 3 is 2.52 bits per heavy atom. The highest BCUT2D eigenvalue weighted by atomic mass is 16.5. The van der Waals surface area contributed by atoms with E-state index in [1.54, 1.807) is 0 Å². The SMILES string of the molecule is C[C@]1(c2ccccc2)OCc2ccccc2-n2cccc21. The number of hydrogen-bond acceptors (Lipinski definition) is 1. The van der Waals surface area contributed by atoms with Crippen molar-refractivity contribution >= 4 is 0 Å². The molecule has 0 saturated carbocycles. The van der Waals surface area contributed by atoms with Crippen molar-refractivity contribution in [3.8, 4) is 5.69 Å². The van der Waals surface area contributed by atoms with Crippen molar-refractivity contribution in [1.82, 2.24) is 4.57 Å². The van der Waals surface area contributed by atoms with Gasteiger partial charge in [0.1, 0.15) is 5.60 Å². The predicted octanol–water partition coefficient (Wildman–Crippen LogP) is 4.27. The van der Waals surface area contributed by atoms with Crippen LogP contribution in [-0.2, 0) is 16.9 Å². The molecule has 1 aromatic heterocycles. The Balaban J connectivity index is 1.95. The van der Waals surface area contributed by atoms with Gasteiger partial charge in [-0.25, -0.2) is 0 Å². The van der Waals surface area contributed by atoms with Gasteiger partial charge < -0.3 is 9.30 Å². The number of benzene rings is 2. The van der Waals surface area contributed by atoms with E-state index in [-0.39, 0.29) is 0 Å². The molecule has 0 saturated heterocycles. The van der Waals surface area contributed by atoms with Gasteiger partial charge in [0.15, 0.2) is 0 Å². The number of fused-ring (bicyclic) bond motifs is 3. The van der Waals surface area contributed by atoms with Crippen molar-refractivity contribution in [3.63, 3.8) is 0 Å². The molecule has 0 aliphatic carbocycles. The van der Waals surface area contributed by atoms with Gasteiger partial charge in [0.25, 0.3) is 0 Å². The Kier molecular flexibility index (Phi) is 2.72. The van der Waals surface area contributed by atoms with Gasteiger partial charge in [0.05, 0.1) is 18.0 Å². The third-order valence-electron chi connectivity index (χ3n) is 4.33. The quantitative estimate of drug-likeness (QED) is 0.647. The van der Waals surface area contributed by atoms with E-state index in [4.69, 9.17) is 4.74 Å². The first kappa shape index (κ1) is 12.4. The van der Waals surface area contributed by atoms with Crippen molar-refractivity contribution in [2.24, 2.45) is 0 Å². The average molecular weight is 275 g/mol. The zero-order valence-electron chi connectivity index (χ0n) is 12.0. The first-order valence-electron chi connectivity index (χ1n) is 7.25. The molecule has 4 rings (SSSR count). The summed E-state index contributed by atoms with van der Waals surface area (Å²) in [4.78, 5) is 0. The molecule has 2 heterocycles. The molecule has 3 aromatic rings. The fraction of sp³-hybridized carbons (Fsp3) is 0.158. The smallest absolute Gasteiger partial charge is 0.131 e. The van der Waals surface area contributed by atoms with Crippen molar-refractivity contribution < 1.29 is 4.74 Å². The second-order valence-electron chi connectivity index (χ2n) is 5.58. The van der Waals surface area contributed by atoms with Gasteiger partial charge in [-0.05, 0) is 30.7 Å². The molecular formula is C19H17NO. The first-order valence-corrected chi connectivity index (χ1v) is 7.25. The molecule has 2 heteroatoms. The second kappa shape index (κ2) is 4.61. The van der Waals surface area contributed by atoms with E-state index in [1.807, 2.05) is 6.07 Å². The third kappa shape index (κ3) is 1.83. The maximum Gasteiger partial charge on any atom is 0.131 e. The molecule has 0 radical (unpaired) electrons. The summed E-state index contributed by atoms with van der Waals surface area (Å²) in [5, 5.41) is 0. The van der Waals surface area contributed by atoms with Crippen LogP contribution in [0, 0.1) is 0 Å². The van der Waals surface area contributed by atoms with Gasteiger partial charge in [-0.1, -0.05) is 48.5 Å². The normalized spacial score (nSPS) is 20.4. The molecule has 0 fully saturated rings. The maximum atomic E-state index is 6.37. The lowest BCUT2D eigenvalue weighted by molar-refractivity contribution is -0.0169. The van der Waals surface area contributed by atoms with Gasteiger partial charge in [-0.15, -0.1) is 0 Å². The van der Waals surface area contributed by atoms with E-state index in [9.17, 15) is 0 Å². The summed E-state index contributed by atoms with van der Waals surface area (Å²) in [6.07, 6.45) is 2.12. The van der Waals surface area contributed by atoms with Gasteiger partial charge in [-0.2, -0.15) is 0 Å². The van der Waals surface area contributed by atoms with E-state index in [2.05, 4.69) is 78.4 Å². The highest BCUT2D eigenvalue weighted by Gasteiger charge is 2.35. The molecule has 0 unspecified atom stereocenters. The van der Waals surface area contributed by atoms with E-state index in [0.717, 1.165) is 0 Å².